The van der Waals surface area contributed by atoms with Gasteiger partial charge in [0.25, 0.3) is 0 Å². The normalized spacial score (nSPS) is 15.4. The van der Waals surface area contributed by atoms with Crippen molar-refractivity contribution >= 4 is 23.2 Å². The Morgan fingerprint density at radius 2 is 1.80 bits per heavy atom. The Hall–Kier alpha value is -1.88. The first kappa shape index (κ1) is 19.4. The lowest BCUT2D eigenvalue weighted by molar-refractivity contribution is -0.123. The summed E-state index contributed by atoms with van der Waals surface area (Å²) in [6.45, 7) is 7.98. The summed E-state index contributed by atoms with van der Waals surface area (Å²) in [7, 11) is 2.02. The van der Waals surface area contributed by atoms with E-state index < -0.39 is 5.41 Å². The summed E-state index contributed by atoms with van der Waals surface area (Å²) in [5.41, 5.74) is 2.03. The van der Waals surface area contributed by atoms with E-state index in [0.717, 1.165) is 16.9 Å². The van der Waals surface area contributed by atoms with E-state index in [9.17, 15) is 9.59 Å². The van der Waals surface area contributed by atoms with Gasteiger partial charge in [-0.05, 0) is 50.6 Å². The molecular formula is C20H31N3O2. The van der Waals surface area contributed by atoms with Crippen LogP contribution in [0.15, 0.2) is 18.2 Å². The fraction of sp³-hybridized carbons (Fsp3) is 0.600. The van der Waals surface area contributed by atoms with Gasteiger partial charge in [0, 0.05) is 22.8 Å². The molecule has 1 aromatic carbocycles. The van der Waals surface area contributed by atoms with Gasteiger partial charge in [0.2, 0.25) is 11.8 Å². The zero-order chi connectivity index (χ0) is 18.6. The highest BCUT2D eigenvalue weighted by molar-refractivity contribution is 5.96. The van der Waals surface area contributed by atoms with Crippen LogP contribution >= 0.6 is 0 Å². The number of amides is 2. The van der Waals surface area contributed by atoms with E-state index >= 15 is 0 Å². The molecule has 0 aliphatic heterocycles. The van der Waals surface area contributed by atoms with Gasteiger partial charge in [-0.2, -0.15) is 0 Å². The minimum atomic E-state index is -0.440. The van der Waals surface area contributed by atoms with Crippen molar-refractivity contribution in [3.8, 4) is 0 Å². The monoisotopic (exact) mass is 345 g/mol. The molecule has 1 saturated carbocycles. The zero-order valence-corrected chi connectivity index (χ0v) is 16.1. The Kier molecular flexibility index (Phi) is 6.22. The number of rotatable bonds is 5. The first-order valence-electron chi connectivity index (χ1n) is 9.09. The molecule has 0 spiro atoms. The maximum atomic E-state index is 12.3. The van der Waals surface area contributed by atoms with Gasteiger partial charge in [-0.1, -0.05) is 33.6 Å². The van der Waals surface area contributed by atoms with E-state index in [1.807, 2.05) is 52.9 Å². The topological polar surface area (TPSA) is 61.4 Å². The summed E-state index contributed by atoms with van der Waals surface area (Å²) >= 11 is 0. The van der Waals surface area contributed by atoms with Crippen molar-refractivity contribution in [1.29, 1.82) is 0 Å². The van der Waals surface area contributed by atoms with Crippen molar-refractivity contribution < 1.29 is 9.59 Å². The highest BCUT2D eigenvalue weighted by atomic mass is 16.2. The molecule has 138 valence electrons. The predicted octanol–water partition coefficient (Wildman–Crippen LogP) is 3.79. The number of likely N-dealkylation sites (N-methyl/N-ethyl adjacent to an activating group) is 1. The molecular weight excluding hydrogens is 314 g/mol. The van der Waals surface area contributed by atoms with Crippen LogP contribution in [0.4, 0.5) is 11.4 Å². The molecule has 5 heteroatoms. The van der Waals surface area contributed by atoms with Gasteiger partial charge in [0.1, 0.15) is 0 Å². The Labute approximate surface area is 151 Å². The summed E-state index contributed by atoms with van der Waals surface area (Å²) in [6, 6.07) is 6.10. The lowest BCUT2D eigenvalue weighted by Crippen LogP contribution is -2.36. The number of hydrogen-bond acceptors (Lipinski definition) is 3. The Morgan fingerprint density at radius 3 is 2.36 bits per heavy atom. The standard InChI is InChI=1S/C20H31N3O2/c1-14-12-15(10-11-17(14)22-19(25)20(2,3)4)21-18(24)13-23(5)16-8-6-7-9-16/h10-12,16H,6-9,13H2,1-5H3,(H,21,24)(H,22,25). The number of nitrogens with one attached hydrogen (secondary N) is 2. The second-order valence-electron chi connectivity index (χ2n) is 8.14. The van der Waals surface area contributed by atoms with Gasteiger partial charge < -0.3 is 10.6 Å². The van der Waals surface area contributed by atoms with Crippen molar-refractivity contribution in [2.45, 2.75) is 59.4 Å². The summed E-state index contributed by atoms with van der Waals surface area (Å²) < 4.78 is 0. The minimum Gasteiger partial charge on any atom is -0.325 e. The second kappa shape index (κ2) is 8.00. The molecule has 2 amide bonds. The summed E-state index contributed by atoms with van der Waals surface area (Å²) in [6.07, 6.45) is 4.89. The summed E-state index contributed by atoms with van der Waals surface area (Å²) in [5.74, 6) is -0.0224. The highest BCUT2D eigenvalue weighted by Crippen LogP contribution is 2.24. The Balaban J connectivity index is 1.93. The summed E-state index contributed by atoms with van der Waals surface area (Å²) in [5, 5.41) is 5.89. The fourth-order valence-electron chi connectivity index (χ4n) is 3.09. The van der Waals surface area contributed by atoms with Gasteiger partial charge in [0.05, 0.1) is 6.54 Å². The van der Waals surface area contributed by atoms with Crippen LogP contribution in [-0.4, -0.2) is 36.3 Å². The van der Waals surface area contributed by atoms with Gasteiger partial charge in [0.15, 0.2) is 0 Å². The first-order valence-corrected chi connectivity index (χ1v) is 9.09. The molecule has 1 aliphatic carbocycles. The first-order chi connectivity index (χ1) is 11.7. The zero-order valence-electron chi connectivity index (χ0n) is 16.1. The van der Waals surface area contributed by atoms with Gasteiger partial charge in [-0.15, -0.1) is 0 Å². The predicted molar refractivity (Wildman–Crippen MR) is 103 cm³/mol. The molecule has 1 fully saturated rings. The maximum absolute atomic E-state index is 12.3. The lowest BCUT2D eigenvalue weighted by atomic mass is 9.95. The smallest absolute Gasteiger partial charge is 0.238 e. The molecule has 1 aromatic rings. The Bertz CT molecular complexity index is 628. The van der Waals surface area contributed by atoms with Crippen molar-refractivity contribution in [2.75, 3.05) is 24.2 Å². The van der Waals surface area contributed by atoms with Crippen molar-refractivity contribution in [2.24, 2.45) is 5.41 Å². The third-order valence-electron chi connectivity index (χ3n) is 4.78. The van der Waals surface area contributed by atoms with Crippen LogP contribution in [0.25, 0.3) is 0 Å². The average molecular weight is 345 g/mol. The van der Waals surface area contributed by atoms with E-state index in [1.165, 1.54) is 25.7 Å². The average Bonchev–Trinajstić information content (AvgIpc) is 3.03. The third kappa shape index (κ3) is 5.56. The minimum absolute atomic E-state index is 0.000257. The maximum Gasteiger partial charge on any atom is 0.238 e. The molecule has 2 rings (SSSR count). The van der Waals surface area contributed by atoms with Gasteiger partial charge >= 0.3 is 0 Å². The molecule has 2 N–H and O–H groups in total. The molecule has 0 bridgehead atoms. The van der Waals surface area contributed by atoms with Gasteiger partial charge in [-0.3, -0.25) is 14.5 Å². The lowest BCUT2D eigenvalue weighted by Gasteiger charge is -2.23. The SMILES string of the molecule is Cc1cc(NC(=O)CN(C)C2CCCC2)ccc1NC(=O)C(C)(C)C. The highest BCUT2D eigenvalue weighted by Gasteiger charge is 2.22. The van der Waals surface area contributed by atoms with E-state index in [-0.39, 0.29) is 11.8 Å². The van der Waals surface area contributed by atoms with Crippen LogP contribution < -0.4 is 10.6 Å². The van der Waals surface area contributed by atoms with Crippen LogP contribution in [0.3, 0.4) is 0 Å². The molecule has 5 nitrogen and oxygen atoms in total. The molecule has 0 saturated heterocycles. The number of aryl methyl sites for hydroxylation is 1. The van der Waals surface area contributed by atoms with E-state index in [4.69, 9.17) is 0 Å². The number of anilines is 2. The number of carbonyl (C=O) groups is 2. The molecule has 25 heavy (non-hydrogen) atoms. The van der Waals surface area contributed by atoms with E-state index in [1.54, 1.807) is 0 Å². The molecule has 0 aromatic heterocycles. The fourth-order valence-corrected chi connectivity index (χ4v) is 3.09. The molecule has 0 heterocycles. The third-order valence-corrected chi connectivity index (χ3v) is 4.78. The number of carbonyl (C=O) groups excluding carboxylic acids is 2. The quantitative estimate of drug-likeness (QED) is 0.853. The largest absolute Gasteiger partial charge is 0.325 e. The number of nitrogens with zero attached hydrogens (tertiary/aromatic N) is 1. The van der Waals surface area contributed by atoms with Crippen molar-refractivity contribution in [1.82, 2.24) is 4.90 Å². The van der Waals surface area contributed by atoms with Crippen LogP contribution in [-0.2, 0) is 9.59 Å². The number of hydrogen-bond donors (Lipinski definition) is 2. The van der Waals surface area contributed by atoms with Gasteiger partial charge in [-0.25, -0.2) is 0 Å². The van der Waals surface area contributed by atoms with Crippen LogP contribution in [0, 0.1) is 12.3 Å². The summed E-state index contributed by atoms with van der Waals surface area (Å²) in [4.78, 5) is 26.5. The molecule has 1 aliphatic rings. The molecule has 0 radical (unpaired) electrons. The second-order valence-corrected chi connectivity index (χ2v) is 8.14. The van der Waals surface area contributed by atoms with Crippen molar-refractivity contribution in [3.63, 3.8) is 0 Å². The number of benzene rings is 1. The van der Waals surface area contributed by atoms with Crippen LogP contribution in [0.5, 0.6) is 0 Å². The molecule has 0 unspecified atom stereocenters. The van der Waals surface area contributed by atoms with Crippen molar-refractivity contribution in [3.05, 3.63) is 23.8 Å². The van der Waals surface area contributed by atoms with E-state index in [2.05, 4.69) is 15.5 Å². The molecule has 0 atom stereocenters. The van der Waals surface area contributed by atoms with E-state index in [0.29, 0.717) is 12.6 Å². The Morgan fingerprint density at radius 1 is 1.16 bits per heavy atom. The van der Waals surface area contributed by atoms with Crippen LogP contribution in [0.2, 0.25) is 0 Å². The van der Waals surface area contributed by atoms with Crippen LogP contribution in [0.1, 0.15) is 52.0 Å².